The van der Waals surface area contributed by atoms with Gasteiger partial charge in [0.1, 0.15) is 0 Å². The highest BCUT2D eigenvalue weighted by Gasteiger charge is 2.28. The highest BCUT2D eigenvalue weighted by molar-refractivity contribution is 5.83. The second-order valence-corrected chi connectivity index (χ2v) is 5.91. The van der Waals surface area contributed by atoms with Crippen molar-refractivity contribution in [2.24, 2.45) is 12.5 Å². The number of carbonyl (C=O) groups is 1. The molecule has 0 aliphatic heterocycles. The largest absolute Gasteiger partial charge is 0.481 e. The van der Waals surface area contributed by atoms with Gasteiger partial charge in [-0.05, 0) is 44.2 Å². The second kappa shape index (κ2) is 4.78. The van der Waals surface area contributed by atoms with Crippen molar-refractivity contribution in [1.82, 2.24) is 4.57 Å². The van der Waals surface area contributed by atoms with Gasteiger partial charge < -0.3 is 9.67 Å². The summed E-state index contributed by atoms with van der Waals surface area (Å²) >= 11 is 0. The van der Waals surface area contributed by atoms with Gasteiger partial charge in [-0.3, -0.25) is 9.59 Å². The number of carboxylic acid groups (broad SMARTS) is 1. The van der Waals surface area contributed by atoms with Crippen LogP contribution in [-0.4, -0.2) is 15.6 Å². The van der Waals surface area contributed by atoms with Crippen molar-refractivity contribution < 1.29 is 9.90 Å². The SMILES string of the molecule is Cc1cccc2cc(CC(C)(C)C(=O)O)c(=O)n(C)c12. The number of fused-ring (bicyclic) bond motifs is 1. The van der Waals surface area contributed by atoms with Crippen LogP contribution in [0.4, 0.5) is 0 Å². The Morgan fingerprint density at radius 3 is 2.60 bits per heavy atom. The molecule has 4 nitrogen and oxygen atoms in total. The van der Waals surface area contributed by atoms with Gasteiger partial charge in [0.25, 0.3) is 5.56 Å². The highest BCUT2D eigenvalue weighted by atomic mass is 16.4. The molecule has 0 fully saturated rings. The van der Waals surface area contributed by atoms with E-state index in [0.29, 0.717) is 5.56 Å². The van der Waals surface area contributed by atoms with Crippen LogP contribution in [0.5, 0.6) is 0 Å². The number of rotatable bonds is 3. The molecule has 0 atom stereocenters. The van der Waals surface area contributed by atoms with Crippen molar-refractivity contribution in [2.75, 3.05) is 0 Å². The summed E-state index contributed by atoms with van der Waals surface area (Å²) in [6.45, 7) is 5.23. The van der Waals surface area contributed by atoms with Crippen LogP contribution < -0.4 is 5.56 Å². The first-order chi connectivity index (χ1) is 9.24. The van der Waals surface area contributed by atoms with Crippen LogP contribution in [0.25, 0.3) is 10.9 Å². The van der Waals surface area contributed by atoms with Crippen molar-refractivity contribution in [1.29, 1.82) is 0 Å². The van der Waals surface area contributed by atoms with Gasteiger partial charge in [-0.2, -0.15) is 0 Å². The number of hydrogen-bond donors (Lipinski definition) is 1. The van der Waals surface area contributed by atoms with Gasteiger partial charge >= 0.3 is 5.97 Å². The van der Waals surface area contributed by atoms with Gasteiger partial charge in [-0.15, -0.1) is 0 Å². The molecule has 4 heteroatoms. The lowest BCUT2D eigenvalue weighted by Crippen LogP contribution is -2.31. The van der Waals surface area contributed by atoms with Crippen LogP contribution in [0.3, 0.4) is 0 Å². The molecule has 0 aliphatic rings. The van der Waals surface area contributed by atoms with E-state index in [1.165, 1.54) is 0 Å². The van der Waals surface area contributed by atoms with E-state index in [0.717, 1.165) is 16.5 Å². The molecule has 106 valence electrons. The molecule has 2 aromatic rings. The van der Waals surface area contributed by atoms with Crippen molar-refractivity contribution >= 4 is 16.9 Å². The van der Waals surface area contributed by atoms with Crippen LogP contribution in [0.1, 0.15) is 25.0 Å². The van der Waals surface area contributed by atoms with Gasteiger partial charge in [0.05, 0.1) is 10.9 Å². The first kappa shape index (κ1) is 14.3. The average molecular weight is 273 g/mol. The number of aromatic nitrogens is 1. The lowest BCUT2D eigenvalue weighted by Gasteiger charge is -2.19. The molecular weight excluding hydrogens is 254 g/mol. The van der Waals surface area contributed by atoms with Gasteiger partial charge in [0.15, 0.2) is 0 Å². The Hall–Kier alpha value is -2.10. The number of aryl methyl sites for hydroxylation is 2. The smallest absolute Gasteiger partial charge is 0.309 e. The number of nitrogens with zero attached hydrogens (tertiary/aromatic N) is 1. The molecule has 0 saturated carbocycles. The number of hydrogen-bond acceptors (Lipinski definition) is 2. The van der Waals surface area contributed by atoms with E-state index < -0.39 is 11.4 Å². The standard InChI is InChI=1S/C16H19NO3/c1-10-6-5-7-11-8-12(9-16(2,3)15(19)20)14(18)17(4)13(10)11/h5-8H,9H2,1-4H3,(H,19,20). The van der Waals surface area contributed by atoms with Crippen LogP contribution in [-0.2, 0) is 18.3 Å². The Kier molecular flexibility index (Phi) is 3.42. The van der Waals surface area contributed by atoms with Crippen molar-refractivity contribution in [3.05, 3.63) is 45.7 Å². The molecule has 1 heterocycles. The molecule has 1 N–H and O–H groups in total. The molecule has 2 rings (SSSR count). The van der Waals surface area contributed by atoms with Crippen LogP contribution in [0.15, 0.2) is 29.1 Å². The van der Waals surface area contributed by atoms with E-state index in [-0.39, 0.29) is 12.0 Å². The van der Waals surface area contributed by atoms with E-state index in [4.69, 9.17) is 0 Å². The number of benzene rings is 1. The minimum Gasteiger partial charge on any atom is -0.481 e. The molecule has 20 heavy (non-hydrogen) atoms. The Balaban J connectivity index is 2.66. The third-order valence-electron chi connectivity index (χ3n) is 3.72. The average Bonchev–Trinajstić information content (AvgIpc) is 2.35. The Bertz CT molecular complexity index is 741. The molecule has 0 saturated heterocycles. The summed E-state index contributed by atoms with van der Waals surface area (Å²) in [5.74, 6) is -0.899. The summed E-state index contributed by atoms with van der Waals surface area (Å²) in [6, 6.07) is 7.66. The summed E-state index contributed by atoms with van der Waals surface area (Å²) in [5, 5.41) is 10.2. The quantitative estimate of drug-likeness (QED) is 0.934. The van der Waals surface area contributed by atoms with Crippen molar-refractivity contribution in [3.63, 3.8) is 0 Å². The fourth-order valence-corrected chi connectivity index (χ4v) is 2.50. The van der Waals surface area contributed by atoms with Crippen LogP contribution in [0, 0.1) is 12.3 Å². The Morgan fingerprint density at radius 1 is 1.35 bits per heavy atom. The molecular formula is C16H19NO3. The van der Waals surface area contributed by atoms with Gasteiger partial charge in [0, 0.05) is 12.6 Å². The molecule has 0 spiro atoms. The minimum atomic E-state index is -0.955. The summed E-state index contributed by atoms with van der Waals surface area (Å²) in [7, 11) is 1.73. The molecule has 0 aliphatic carbocycles. The zero-order chi connectivity index (χ0) is 15.1. The fraction of sp³-hybridized carbons (Fsp3) is 0.375. The van der Waals surface area contributed by atoms with E-state index in [1.807, 2.05) is 31.2 Å². The Labute approximate surface area is 117 Å². The fourth-order valence-electron chi connectivity index (χ4n) is 2.50. The number of para-hydroxylation sites is 1. The summed E-state index contributed by atoms with van der Waals surface area (Å²) in [5.41, 5.74) is 1.39. The number of carboxylic acids is 1. The maximum atomic E-state index is 12.4. The van der Waals surface area contributed by atoms with Gasteiger partial charge in [-0.25, -0.2) is 0 Å². The van der Waals surface area contributed by atoms with E-state index in [9.17, 15) is 14.7 Å². The first-order valence-corrected chi connectivity index (χ1v) is 6.55. The molecule has 0 radical (unpaired) electrons. The maximum absolute atomic E-state index is 12.4. The maximum Gasteiger partial charge on any atom is 0.309 e. The summed E-state index contributed by atoms with van der Waals surface area (Å²) in [6.07, 6.45) is 0.221. The highest BCUT2D eigenvalue weighted by Crippen LogP contribution is 2.23. The summed E-state index contributed by atoms with van der Waals surface area (Å²) in [4.78, 5) is 23.6. The molecule has 0 bridgehead atoms. The molecule has 1 aromatic carbocycles. The molecule has 0 amide bonds. The van der Waals surface area contributed by atoms with Gasteiger partial charge in [-0.1, -0.05) is 18.2 Å². The first-order valence-electron chi connectivity index (χ1n) is 6.55. The minimum absolute atomic E-state index is 0.124. The molecule has 0 unspecified atom stereocenters. The number of aliphatic carboxylic acids is 1. The zero-order valence-electron chi connectivity index (χ0n) is 12.2. The summed E-state index contributed by atoms with van der Waals surface area (Å²) < 4.78 is 1.61. The van der Waals surface area contributed by atoms with E-state index >= 15 is 0 Å². The lowest BCUT2D eigenvalue weighted by atomic mass is 9.86. The zero-order valence-corrected chi connectivity index (χ0v) is 12.2. The van der Waals surface area contributed by atoms with E-state index in [2.05, 4.69) is 0 Å². The monoisotopic (exact) mass is 273 g/mol. The van der Waals surface area contributed by atoms with Crippen molar-refractivity contribution in [3.8, 4) is 0 Å². The van der Waals surface area contributed by atoms with Crippen LogP contribution >= 0.6 is 0 Å². The predicted octanol–water partition coefficient (Wildman–Crippen LogP) is 2.50. The normalized spacial score (nSPS) is 11.8. The third kappa shape index (κ3) is 2.33. The Morgan fingerprint density at radius 2 is 2.00 bits per heavy atom. The lowest BCUT2D eigenvalue weighted by molar-refractivity contribution is -0.146. The second-order valence-electron chi connectivity index (χ2n) is 5.91. The van der Waals surface area contributed by atoms with E-state index in [1.54, 1.807) is 25.5 Å². The topological polar surface area (TPSA) is 59.3 Å². The third-order valence-corrected chi connectivity index (χ3v) is 3.72. The van der Waals surface area contributed by atoms with Crippen molar-refractivity contribution in [2.45, 2.75) is 27.2 Å². The molecule has 1 aromatic heterocycles. The predicted molar refractivity (Wildman–Crippen MR) is 79.0 cm³/mol. The van der Waals surface area contributed by atoms with Gasteiger partial charge in [0.2, 0.25) is 0 Å². The number of pyridine rings is 1. The van der Waals surface area contributed by atoms with Crippen LogP contribution in [0.2, 0.25) is 0 Å².